The van der Waals surface area contributed by atoms with Gasteiger partial charge in [0.05, 0.1) is 18.6 Å². The fourth-order valence-corrected chi connectivity index (χ4v) is 3.01. The number of carbonyl (C=O) groups excluding carboxylic acids is 1. The van der Waals surface area contributed by atoms with Gasteiger partial charge in [-0.05, 0) is 43.5 Å². The third-order valence-electron chi connectivity index (χ3n) is 3.39. The van der Waals surface area contributed by atoms with Crippen molar-refractivity contribution in [3.8, 4) is 5.75 Å². The van der Waals surface area contributed by atoms with Crippen LogP contribution < -0.4 is 10.1 Å². The molecule has 1 aromatic heterocycles. The first-order valence-corrected chi connectivity index (χ1v) is 7.79. The van der Waals surface area contributed by atoms with E-state index in [4.69, 9.17) is 9.26 Å². The molecule has 0 unspecified atom stereocenters. The van der Waals surface area contributed by atoms with Crippen LogP contribution in [0.5, 0.6) is 5.75 Å². The molecule has 2 aromatic rings. The highest BCUT2D eigenvalue weighted by Gasteiger charge is 2.22. The second-order valence-corrected chi connectivity index (χ2v) is 5.85. The second-order valence-electron chi connectivity index (χ2n) is 4.80. The number of hydrogen-bond acceptors (Lipinski definition) is 5. The van der Waals surface area contributed by atoms with Crippen LogP contribution in [0.15, 0.2) is 33.7 Å². The maximum atomic E-state index is 12.0. The smallest absolute Gasteiger partial charge is 0.237 e. The number of thioether (sulfide) groups is 1. The molecule has 0 fully saturated rings. The minimum Gasteiger partial charge on any atom is -0.497 e. The number of aryl methyl sites for hydroxylation is 1. The van der Waals surface area contributed by atoms with Crippen LogP contribution in [-0.4, -0.2) is 23.9 Å². The van der Waals surface area contributed by atoms with Crippen LogP contribution in [-0.2, 0) is 17.6 Å². The van der Waals surface area contributed by atoms with E-state index in [0.29, 0.717) is 11.6 Å². The number of carbonyl (C=O) groups is 1. The summed E-state index contributed by atoms with van der Waals surface area (Å²) in [6, 6.07) is 7.62. The molecule has 6 heteroatoms. The lowest BCUT2D eigenvalue weighted by atomic mass is 10.2. The molecule has 0 saturated heterocycles. The molecule has 110 valence electrons. The molecule has 0 bridgehead atoms. The Hall–Kier alpha value is -1.95. The largest absolute Gasteiger partial charge is 0.497 e. The third-order valence-corrected chi connectivity index (χ3v) is 4.40. The topological polar surface area (TPSA) is 64.4 Å². The molecule has 0 atom stereocenters. The number of fused-ring (bicyclic) bond motifs is 1. The summed E-state index contributed by atoms with van der Waals surface area (Å²) < 4.78 is 10.3. The molecular formula is C15H16N2O3S. The van der Waals surface area contributed by atoms with Gasteiger partial charge in [0.1, 0.15) is 5.75 Å². The molecule has 1 amide bonds. The van der Waals surface area contributed by atoms with Crippen LogP contribution in [0.1, 0.15) is 17.7 Å². The zero-order chi connectivity index (χ0) is 14.7. The van der Waals surface area contributed by atoms with Gasteiger partial charge in [-0.1, -0.05) is 5.16 Å². The Morgan fingerprint density at radius 3 is 2.95 bits per heavy atom. The van der Waals surface area contributed by atoms with Crippen LogP contribution in [0.25, 0.3) is 0 Å². The van der Waals surface area contributed by atoms with E-state index in [9.17, 15) is 4.79 Å². The Morgan fingerprint density at radius 1 is 1.38 bits per heavy atom. The molecule has 5 nitrogen and oxygen atoms in total. The first-order valence-electron chi connectivity index (χ1n) is 6.80. The lowest BCUT2D eigenvalue weighted by molar-refractivity contribution is -0.113. The molecule has 1 aliphatic rings. The highest BCUT2D eigenvalue weighted by atomic mass is 32.2. The summed E-state index contributed by atoms with van der Waals surface area (Å²) in [4.78, 5) is 13.0. The first kappa shape index (κ1) is 14.0. The van der Waals surface area contributed by atoms with Crippen molar-refractivity contribution in [3.63, 3.8) is 0 Å². The molecule has 0 spiro atoms. The number of anilines is 1. The van der Waals surface area contributed by atoms with Crippen LogP contribution in [0, 0.1) is 0 Å². The van der Waals surface area contributed by atoms with E-state index in [1.54, 1.807) is 7.11 Å². The maximum Gasteiger partial charge on any atom is 0.237 e. The summed E-state index contributed by atoms with van der Waals surface area (Å²) in [6.07, 6.45) is 2.95. The van der Waals surface area contributed by atoms with Crippen molar-refractivity contribution in [2.24, 2.45) is 0 Å². The normalized spacial score (nSPS) is 13.0. The number of benzene rings is 1. The summed E-state index contributed by atoms with van der Waals surface area (Å²) in [5.41, 5.74) is 2.03. The average molecular weight is 304 g/mol. The van der Waals surface area contributed by atoms with Crippen molar-refractivity contribution in [2.75, 3.05) is 18.2 Å². The highest BCUT2D eigenvalue weighted by Crippen LogP contribution is 2.28. The SMILES string of the molecule is COc1ccc(SCC(=O)Nc2onc3c2CCC3)cc1. The minimum absolute atomic E-state index is 0.0818. The van der Waals surface area contributed by atoms with E-state index in [1.807, 2.05) is 24.3 Å². The standard InChI is InChI=1S/C15H16N2O3S/c1-19-10-5-7-11(8-6-10)21-9-14(18)16-15-12-3-2-4-13(12)17-20-15/h5-8H,2-4,9H2,1H3,(H,16,18). The number of amides is 1. The van der Waals surface area contributed by atoms with E-state index in [0.717, 1.165) is 41.2 Å². The number of methoxy groups -OCH3 is 1. The van der Waals surface area contributed by atoms with Gasteiger partial charge >= 0.3 is 0 Å². The number of rotatable bonds is 5. The zero-order valence-electron chi connectivity index (χ0n) is 11.7. The first-order chi connectivity index (χ1) is 10.3. The number of nitrogens with zero attached hydrogens (tertiary/aromatic N) is 1. The predicted octanol–water partition coefficient (Wildman–Crippen LogP) is 2.90. The summed E-state index contributed by atoms with van der Waals surface area (Å²) in [7, 11) is 1.63. The van der Waals surface area contributed by atoms with E-state index in [1.165, 1.54) is 11.8 Å². The van der Waals surface area contributed by atoms with Crippen molar-refractivity contribution in [3.05, 3.63) is 35.5 Å². The molecule has 0 radical (unpaired) electrons. The zero-order valence-corrected chi connectivity index (χ0v) is 12.5. The summed E-state index contributed by atoms with van der Waals surface area (Å²) in [5, 5.41) is 6.78. The van der Waals surface area contributed by atoms with Gasteiger partial charge in [-0.25, -0.2) is 0 Å². The van der Waals surface area contributed by atoms with E-state index in [2.05, 4.69) is 10.5 Å². The lowest BCUT2D eigenvalue weighted by Gasteiger charge is -2.04. The van der Waals surface area contributed by atoms with Gasteiger partial charge in [0.25, 0.3) is 0 Å². The van der Waals surface area contributed by atoms with E-state index >= 15 is 0 Å². The number of hydrogen-bond donors (Lipinski definition) is 1. The van der Waals surface area contributed by atoms with Gasteiger partial charge in [-0.15, -0.1) is 11.8 Å². The Bertz CT molecular complexity index is 637. The highest BCUT2D eigenvalue weighted by molar-refractivity contribution is 8.00. The molecule has 0 saturated carbocycles. The number of aromatic nitrogens is 1. The van der Waals surface area contributed by atoms with Crippen LogP contribution in [0.2, 0.25) is 0 Å². The molecule has 0 aliphatic heterocycles. The number of nitrogens with one attached hydrogen (secondary N) is 1. The van der Waals surface area contributed by atoms with Gasteiger partial charge in [0.2, 0.25) is 11.8 Å². The Kier molecular flexibility index (Phi) is 4.15. The van der Waals surface area contributed by atoms with Crippen LogP contribution >= 0.6 is 11.8 Å². The summed E-state index contributed by atoms with van der Waals surface area (Å²) in [6.45, 7) is 0. The van der Waals surface area contributed by atoms with Gasteiger partial charge in [0.15, 0.2) is 0 Å². The van der Waals surface area contributed by atoms with Gasteiger partial charge in [-0.3, -0.25) is 10.1 Å². The van der Waals surface area contributed by atoms with Crippen LogP contribution in [0.3, 0.4) is 0 Å². The van der Waals surface area contributed by atoms with Crippen molar-refractivity contribution < 1.29 is 14.1 Å². The summed E-state index contributed by atoms with van der Waals surface area (Å²) in [5.74, 6) is 1.58. The van der Waals surface area contributed by atoms with Crippen molar-refractivity contribution in [2.45, 2.75) is 24.2 Å². The average Bonchev–Trinajstić information content (AvgIpc) is 3.11. The summed E-state index contributed by atoms with van der Waals surface area (Å²) >= 11 is 1.47. The Balaban J connectivity index is 1.54. The lowest BCUT2D eigenvalue weighted by Crippen LogP contribution is -2.14. The molecule has 1 N–H and O–H groups in total. The maximum absolute atomic E-state index is 12.0. The number of ether oxygens (including phenoxy) is 1. The second kappa shape index (κ2) is 6.22. The van der Waals surface area contributed by atoms with Gasteiger partial charge in [-0.2, -0.15) is 0 Å². The predicted molar refractivity (Wildman–Crippen MR) is 80.9 cm³/mol. The fraction of sp³-hybridized carbons (Fsp3) is 0.333. The van der Waals surface area contributed by atoms with E-state index < -0.39 is 0 Å². The molecule has 21 heavy (non-hydrogen) atoms. The van der Waals surface area contributed by atoms with Gasteiger partial charge in [0, 0.05) is 10.5 Å². The Labute approximate surface area is 127 Å². The monoisotopic (exact) mass is 304 g/mol. The van der Waals surface area contributed by atoms with Crippen molar-refractivity contribution >= 4 is 23.6 Å². The quantitative estimate of drug-likeness (QED) is 0.860. The molecular weight excluding hydrogens is 288 g/mol. The van der Waals surface area contributed by atoms with Crippen molar-refractivity contribution in [1.29, 1.82) is 0 Å². The van der Waals surface area contributed by atoms with E-state index in [-0.39, 0.29) is 5.91 Å². The molecule has 1 aliphatic carbocycles. The molecule has 3 rings (SSSR count). The molecule has 1 heterocycles. The molecule has 1 aromatic carbocycles. The van der Waals surface area contributed by atoms with Gasteiger partial charge < -0.3 is 9.26 Å². The van der Waals surface area contributed by atoms with Crippen LogP contribution in [0.4, 0.5) is 5.88 Å². The Morgan fingerprint density at radius 2 is 2.19 bits per heavy atom. The van der Waals surface area contributed by atoms with Crippen molar-refractivity contribution in [1.82, 2.24) is 5.16 Å². The minimum atomic E-state index is -0.0818. The third kappa shape index (κ3) is 3.21. The fourth-order valence-electron chi connectivity index (χ4n) is 2.31.